The molecule has 14 rings (SSSR count). The van der Waals surface area contributed by atoms with Crippen molar-refractivity contribution in [3.05, 3.63) is 75.4 Å². The number of allylic oxidation sites excluding steroid dienone is 1. The molecule has 2 aliphatic heterocycles. The maximum Gasteiger partial charge on any atom is 0.116 e. The summed E-state index contributed by atoms with van der Waals surface area (Å²) in [6.07, 6.45) is 5.41. The van der Waals surface area contributed by atoms with Crippen LogP contribution in [0.25, 0.3) is 70.2 Å². The van der Waals surface area contributed by atoms with Gasteiger partial charge in [-0.15, -0.1) is 0 Å². The van der Waals surface area contributed by atoms with Gasteiger partial charge in [0.2, 0.25) is 0 Å². The van der Waals surface area contributed by atoms with Gasteiger partial charge in [-0.25, -0.2) is 0 Å². The standard InChI is InChI=1S/C33H14O2/c1-2-10-4-12-6-14-8-16-33-28-15(30-31(35-30)32(33)34-16)7-13-5-11-3-9(1)17-18(10)24-21(12)22(14)29(33)27-25(24)23(17)19(11)20(13)26(27)28/h1-4,7-8,16,30-32H,5-6H2. The van der Waals surface area contributed by atoms with Crippen LogP contribution in [0.3, 0.4) is 0 Å². The lowest BCUT2D eigenvalue weighted by Crippen LogP contribution is -2.66. The molecule has 2 heterocycles. The fraction of sp³-hybridized carbons (Fsp3) is 0.212. The Balaban J connectivity index is 1.49. The Kier molecular flexibility index (Phi) is 1.58. The van der Waals surface area contributed by atoms with Gasteiger partial charge in [0, 0.05) is 0 Å². The number of hydrogen-bond acceptors (Lipinski definition) is 2. The van der Waals surface area contributed by atoms with Crippen LogP contribution in [-0.2, 0) is 27.7 Å². The molecule has 158 valence electrons. The lowest BCUT2D eigenvalue weighted by atomic mass is 9.56. The molecule has 5 aliphatic carbocycles. The highest BCUT2D eigenvalue weighted by Gasteiger charge is 2.74. The Morgan fingerprint density at radius 3 is 2.26 bits per heavy atom. The SMILES string of the molecule is C1=C2Cc3cc4ccc5cc6c7c8c(cc9c%10c8c8c(c2c3c2c4c5c7c82)C%102C1OC2C1OC91)C6. The second kappa shape index (κ2) is 3.73. The Morgan fingerprint density at radius 2 is 1.37 bits per heavy atom. The van der Waals surface area contributed by atoms with E-state index in [1.165, 1.54) is 49.4 Å². The molecular weight excluding hydrogens is 428 g/mol. The predicted octanol–water partition coefficient (Wildman–Crippen LogP) is 6.60. The highest BCUT2D eigenvalue weighted by Crippen LogP contribution is 2.74. The van der Waals surface area contributed by atoms with Gasteiger partial charge in [-0.05, 0) is 122 Å². The molecule has 0 N–H and O–H groups in total. The first-order valence-electron chi connectivity index (χ1n) is 13.2. The number of epoxide rings is 1. The smallest absolute Gasteiger partial charge is 0.116 e. The molecule has 2 nitrogen and oxygen atoms in total. The van der Waals surface area contributed by atoms with Crippen LogP contribution < -0.4 is 0 Å². The Hall–Kier alpha value is -3.46. The van der Waals surface area contributed by atoms with Crippen LogP contribution in [0, 0.1) is 0 Å². The van der Waals surface area contributed by atoms with Gasteiger partial charge in [-0.2, -0.15) is 0 Å². The number of ether oxygens (including phenoxy) is 2. The average molecular weight is 442 g/mol. The molecule has 7 aromatic rings. The third-order valence-corrected chi connectivity index (χ3v) is 11.6. The minimum absolute atomic E-state index is 0.0362. The van der Waals surface area contributed by atoms with E-state index < -0.39 is 0 Å². The van der Waals surface area contributed by atoms with Gasteiger partial charge in [0.05, 0.1) is 11.5 Å². The zero-order valence-corrected chi connectivity index (χ0v) is 18.5. The van der Waals surface area contributed by atoms with Crippen molar-refractivity contribution in [2.45, 2.75) is 42.7 Å². The summed E-state index contributed by atoms with van der Waals surface area (Å²) in [6.45, 7) is 0. The Labute approximate surface area is 197 Å². The predicted molar refractivity (Wildman–Crippen MR) is 137 cm³/mol. The summed E-state index contributed by atoms with van der Waals surface area (Å²) < 4.78 is 13.1. The van der Waals surface area contributed by atoms with E-state index in [-0.39, 0.29) is 29.8 Å². The zero-order chi connectivity index (χ0) is 21.4. The molecule has 1 spiro atoms. The highest BCUT2D eigenvalue weighted by atomic mass is 16.6. The first-order chi connectivity index (χ1) is 17.3. The van der Waals surface area contributed by atoms with Crippen molar-refractivity contribution in [2.75, 3.05) is 0 Å². The third kappa shape index (κ3) is 1.03. The van der Waals surface area contributed by atoms with Crippen molar-refractivity contribution < 1.29 is 9.47 Å². The molecule has 0 saturated carbocycles. The van der Waals surface area contributed by atoms with Crippen molar-refractivity contribution in [3.63, 3.8) is 0 Å². The summed E-state index contributed by atoms with van der Waals surface area (Å²) in [5, 5.41) is 18.6. The quantitative estimate of drug-likeness (QED) is 0.195. The van der Waals surface area contributed by atoms with Gasteiger partial charge in [0.15, 0.2) is 0 Å². The second-order valence-electron chi connectivity index (χ2n) is 12.5. The molecule has 2 fully saturated rings. The summed E-state index contributed by atoms with van der Waals surface area (Å²) in [4.78, 5) is 0. The summed E-state index contributed by atoms with van der Waals surface area (Å²) in [5.41, 5.74) is 12.4. The number of hydrogen-bond donors (Lipinski definition) is 0. The monoisotopic (exact) mass is 442 g/mol. The van der Waals surface area contributed by atoms with Gasteiger partial charge in [0.1, 0.15) is 18.3 Å². The molecule has 7 aliphatic rings. The van der Waals surface area contributed by atoms with Crippen LogP contribution in [0.2, 0.25) is 0 Å². The molecule has 0 aromatic heterocycles. The summed E-state index contributed by atoms with van der Waals surface area (Å²) >= 11 is 0. The maximum absolute atomic E-state index is 6.74. The molecular formula is C33H14O2. The van der Waals surface area contributed by atoms with E-state index in [4.69, 9.17) is 9.47 Å². The molecule has 0 radical (unpaired) electrons. The van der Waals surface area contributed by atoms with Crippen LogP contribution in [-0.4, -0.2) is 18.3 Å². The minimum Gasteiger partial charge on any atom is -0.365 e. The van der Waals surface area contributed by atoms with Crippen molar-refractivity contribution in [1.29, 1.82) is 0 Å². The summed E-state index contributed by atoms with van der Waals surface area (Å²) in [5.74, 6) is 0. The van der Waals surface area contributed by atoms with Crippen LogP contribution in [0.1, 0.15) is 45.0 Å². The number of fused-ring (bicyclic) bond motifs is 3. The summed E-state index contributed by atoms with van der Waals surface area (Å²) in [7, 11) is 0. The zero-order valence-electron chi connectivity index (χ0n) is 18.5. The number of rotatable bonds is 0. The Bertz CT molecular complexity index is 2410. The van der Waals surface area contributed by atoms with Gasteiger partial charge in [-0.1, -0.05) is 36.4 Å². The van der Waals surface area contributed by atoms with E-state index in [0.29, 0.717) is 0 Å². The lowest BCUT2D eigenvalue weighted by molar-refractivity contribution is -0.174. The van der Waals surface area contributed by atoms with Gasteiger partial charge >= 0.3 is 0 Å². The van der Waals surface area contributed by atoms with Gasteiger partial charge in [0.25, 0.3) is 0 Å². The third-order valence-electron chi connectivity index (χ3n) is 11.6. The molecule has 5 unspecified atom stereocenters. The van der Waals surface area contributed by atoms with E-state index in [9.17, 15) is 0 Å². The first-order valence-corrected chi connectivity index (χ1v) is 13.2. The van der Waals surface area contributed by atoms with Crippen LogP contribution in [0.5, 0.6) is 0 Å². The highest BCUT2D eigenvalue weighted by molar-refractivity contribution is 6.51. The van der Waals surface area contributed by atoms with E-state index in [1.54, 1.807) is 59.8 Å². The van der Waals surface area contributed by atoms with Crippen molar-refractivity contribution in [2.24, 2.45) is 0 Å². The molecule has 2 saturated heterocycles. The number of benzene rings is 6. The maximum atomic E-state index is 6.74. The largest absolute Gasteiger partial charge is 0.365 e. The molecule has 7 aromatic carbocycles. The second-order valence-corrected chi connectivity index (χ2v) is 12.5. The summed E-state index contributed by atoms with van der Waals surface area (Å²) in [6, 6.07) is 12.4. The fourth-order valence-electron chi connectivity index (χ4n) is 10.8. The van der Waals surface area contributed by atoms with Crippen LogP contribution in [0.4, 0.5) is 0 Å². The van der Waals surface area contributed by atoms with Crippen molar-refractivity contribution in [1.82, 2.24) is 0 Å². The van der Waals surface area contributed by atoms with E-state index in [1.807, 2.05) is 0 Å². The van der Waals surface area contributed by atoms with Gasteiger partial charge < -0.3 is 9.47 Å². The minimum atomic E-state index is -0.0362. The van der Waals surface area contributed by atoms with Crippen LogP contribution in [0.15, 0.2) is 36.4 Å². The van der Waals surface area contributed by atoms with E-state index in [0.717, 1.165) is 12.8 Å². The molecule has 0 bridgehead atoms. The average Bonchev–Trinajstić information content (AvgIpc) is 3.11. The van der Waals surface area contributed by atoms with Crippen LogP contribution >= 0.6 is 0 Å². The van der Waals surface area contributed by atoms with E-state index in [2.05, 4.69) is 36.4 Å². The van der Waals surface area contributed by atoms with Crippen molar-refractivity contribution >= 4 is 70.2 Å². The van der Waals surface area contributed by atoms with Crippen molar-refractivity contribution in [3.8, 4) is 0 Å². The molecule has 0 amide bonds. The molecule has 2 heteroatoms. The fourth-order valence-corrected chi connectivity index (χ4v) is 10.8. The molecule has 5 atom stereocenters. The normalized spacial score (nSPS) is 33.0. The first kappa shape index (κ1) is 14.8. The topological polar surface area (TPSA) is 21.8 Å². The van der Waals surface area contributed by atoms with Gasteiger partial charge in [-0.3, -0.25) is 0 Å². The Morgan fingerprint density at radius 1 is 0.657 bits per heavy atom. The lowest BCUT2D eigenvalue weighted by Gasteiger charge is -2.57. The van der Waals surface area contributed by atoms with E-state index >= 15 is 0 Å². The molecule has 35 heavy (non-hydrogen) atoms.